The van der Waals surface area contributed by atoms with Crippen molar-refractivity contribution in [3.05, 3.63) is 29.8 Å². The summed E-state index contributed by atoms with van der Waals surface area (Å²) in [5.41, 5.74) is 7.61. The van der Waals surface area contributed by atoms with Crippen molar-refractivity contribution in [3.8, 4) is 0 Å². The Kier molecular flexibility index (Phi) is 6.02. The molecule has 4 heteroatoms. The molecule has 3 N–H and O–H groups in total. The van der Waals surface area contributed by atoms with Crippen molar-refractivity contribution >= 4 is 11.6 Å². The molecule has 0 heterocycles. The van der Waals surface area contributed by atoms with Gasteiger partial charge in [0.2, 0.25) is 5.91 Å². The Balaban J connectivity index is 2.64. The number of carbonyl (C=O) groups is 1. The minimum atomic E-state index is -0.427. The SMILES string of the molecule is CCC(CC)(CN)C(=O)NCc1ccc(N(C)C)cc1. The van der Waals surface area contributed by atoms with Crippen LogP contribution in [0.15, 0.2) is 24.3 Å². The fourth-order valence-corrected chi connectivity index (χ4v) is 2.23. The number of nitrogens with two attached hydrogens (primary N) is 1. The number of nitrogens with zero attached hydrogens (tertiary/aromatic N) is 1. The predicted octanol–water partition coefficient (Wildman–Crippen LogP) is 2.13. The molecule has 0 spiro atoms. The highest BCUT2D eigenvalue weighted by Gasteiger charge is 2.32. The Morgan fingerprint density at radius 2 is 1.75 bits per heavy atom. The van der Waals surface area contributed by atoms with Crippen molar-refractivity contribution in [2.45, 2.75) is 33.2 Å². The average molecular weight is 277 g/mol. The van der Waals surface area contributed by atoms with Crippen LogP contribution in [-0.2, 0) is 11.3 Å². The number of amides is 1. The van der Waals surface area contributed by atoms with Gasteiger partial charge in [0, 0.05) is 32.9 Å². The molecule has 1 aromatic carbocycles. The molecule has 0 bridgehead atoms. The van der Waals surface area contributed by atoms with E-state index < -0.39 is 5.41 Å². The maximum absolute atomic E-state index is 12.3. The fraction of sp³-hybridized carbons (Fsp3) is 0.562. The van der Waals surface area contributed by atoms with Crippen LogP contribution in [0, 0.1) is 5.41 Å². The molecule has 0 saturated heterocycles. The van der Waals surface area contributed by atoms with Crippen molar-refractivity contribution < 1.29 is 4.79 Å². The lowest BCUT2D eigenvalue weighted by atomic mass is 9.81. The van der Waals surface area contributed by atoms with Gasteiger partial charge >= 0.3 is 0 Å². The van der Waals surface area contributed by atoms with E-state index in [0.717, 1.165) is 24.1 Å². The molecule has 0 saturated carbocycles. The van der Waals surface area contributed by atoms with Crippen LogP contribution in [-0.4, -0.2) is 26.5 Å². The highest BCUT2D eigenvalue weighted by atomic mass is 16.2. The van der Waals surface area contributed by atoms with E-state index in [1.54, 1.807) is 0 Å². The molecule has 1 aromatic rings. The molecule has 0 aromatic heterocycles. The van der Waals surface area contributed by atoms with Gasteiger partial charge in [0.25, 0.3) is 0 Å². The van der Waals surface area contributed by atoms with E-state index >= 15 is 0 Å². The van der Waals surface area contributed by atoms with E-state index in [-0.39, 0.29) is 5.91 Å². The third-order valence-corrected chi connectivity index (χ3v) is 4.13. The van der Waals surface area contributed by atoms with E-state index in [1.165, 1.54) is 0 Å². The first-order valence-corrected chi connectivity index (χ1v) is 7.23. The largest absolute Gasteiger partial charge is 0.378 e. The molecule has 1 amide bonds. The maximum atomic E-state index is 12.3. The zero-order valence-electron chi connectivity index (χ0n) is 13.1. The first-order valence-electron chi connectivity index (χ1n) is 7.23. The molecule has 4 nitrogen and oxygen atoms in total. The summed E-state index contributed by atoms with van der Waals surface area (Å²) in [6.45, 7) is 4.98. The molecule has 0 aliphatic carbocycles. The molecule has 0 fully saturated rings. The van der Waals surface area contributed by atoms with Crippen LogP contribution in [0.4, 0.5) is 5.69 Å². The van der Waals surface area contributed by atoms with Crippen molar-refractivity contribution in [1.29, 1.82) is 0 Å². The first-order chi connectivity index (χ1) is 9.49. The van der Waals surface area contributed by atoms with Crippen LogP contribution in [0.1, 0.15) is 32.3 Å². The Morgan fingerprint density at radius 1 is 1.20 bits per heavy atom. The maximum Gasteiger partial charge on any atom is 0.227 e. The standard InChI is InChI=1S/C16H27N3O/c1-5-16(6-2,12-17)15(20)18-11-13-7-9-14(10-8-13)19(3)4/h7-10H,5-6,11-12,17H2,1-4H3,(H,18,20). The smallest absolute Gasteiger partial charge is 0.227 e. The summed E-state index contributed by atoms with van der Waals surface area (Å²) in [6.07, 6.45) is 1.54. The monoisotopic (exact) mass is 277 g/mol. The Morgan fingerprint density at radius 3 is 2.15 bits per heavy atom. The zero-order valence-corrected chi connectivity index (χ0v) is 13.1. The summed E-state index contributed by atoms with van der Waals surface area (Å²) in [7, 11) is 4.02. The predicted molar refractivity (Wildman–Crippen MR) is 84.7 cm³/mol. The Bertz CT molecular complexity index is 414. The van der Waals surface area contributed by atoms with Gasteiger partial charge in [0.15, 0.2) is 0 Å². The highest BCUT2D eigenvalue weighted by molar-refractivity contribution is 5.82. The van der Waals surface area contributed by atoms with Crippen LogP contribution in [0.25, 0.3) is 0 Å². The lowest BCUT2D eigenvalue weighted by Gasteiger charge is -2.28. The molecule has 0 aliphatic rings. The highest BCUT2D eigenvalue weighted by Crippen LogP contribution is 2.25. The quantitative estimate of drug-likeness (QED) is 0.803. The molecule has 0 atom stereocenters. The van der Waals surface area contributed by atoms with Gasteiger partial charge in [-0.3, -0.25) is 4.79 Å². The number of hydrogen-bond acceptors (Lipinski definition) is 3. The first kappa shape index (κ1) is 16.5. The van der Waals surface area contributed by atoms with Gasteiger partial charge in [-0.25, -0.2) is 0 Å². The molecule has 20 heavy (non-hydrogen) atoms. The summed E-state index contributed by atoms with van der Waals surface area (Å²) < 4.78 is 0. The minimum Gasteiger partial charge on any atom is -0.378 e. The molecule has 0 aliphatic heterocycles. The second-order valence-corrected chi connectivity index (χ2v) is 5.44. The van der Waals surface area contributed by atoms with Gasteiger partial charge in [-0.2, -0.15) is 0 Å². The van der Waals surface area contributed by atoms with Crippen LogP contribution >= 0.6 is 0 Å². The Hall–Kier alpha value is -1.55. The van der Waals surface area contributed by atoms with Crippen molar-refractivity contribution in [2.75, 3.05) is 25.5 Å². The van der Waals surface area contributed by atoms with Crippen LogP contribution in [0.5, 0.6) is 0 Å². The number of benzene rings is 1. The third kappa shape index (κ3) is 3.73. The summed E-state index contributed by atoms with van der Waals surface area (Å²) in [5, 5.41) is 3.01. The van der Waals surface area contributed by atoms with Crippen molar-refractivity contribution in [3.63, 3.8) is 0 Å². The van der Waals surface area contributed by atoms with Gasteiger partial charge in [0.05, 0.1) is 5.41 Å². The van der Waals surface area contributed by atoms with Crippen LogP contribution in [0.2, 0.25) is 0 Å². The third-order valence-electron chi connectivity index (χ3n) is 4.13. The molecule has 1 rings (SSSR count). The minimum absolute atomic E-state index is 0.0571. The van der Waals surface area contributed by atoms with Gasteiger partial charge in [-0.1, -0.05) is 26.0 Å². The van der Waals surface area contributed by atoms with Gasteiger partial charge in [-0.05, 0) is 30.5 Å². The van der Waals surface area contributed by atoms with Gasteiger partial charge < -0.3 is 16.0 Å². The lowest BCUT2D eigenvalue weighted by Crippen LogP contribution is -2.45. The van der Waals surface area contributed by atoms with Gasteiger partial charge in [0.1, 0.15) is 0 Å². The summed E-state index contributed by atoms with van der Waals surface area (Å²) in [4.78, 5) is 14.4. The van der Waals surface area contributed by atoms with E-state index in [0.29, 0.717) is 13.1 Å². The van der Waals surface area contributed by atoms with Crippen LogP contribution in [0.3, 0.4) is 0 Å². The van der Waals surface area contributed by atoms with Crippen molar-refractivity contribution in [1.82, 2.24) is 5.32 Å². The normalized spacial score (nSPS) is 11.2. The van der Waals surface area contributed by atoms with Gasteiger partial charge in [-0.15, -0.1) is 0 Å². The number of anilines is 1. The average Bonchev–Trinajstić information content (AvgIpc) is 2.48. The summed E-state index contributed by atoms with van der Waals surface area (Å²) >= 11 is 0. The molecule has 0 radical (unpaired) electrons. The number of rotatable bonds is 7. The number of carbonyl (C=O) groups excluding carboxylic acids is 1. The summed E-state index contributed by atoms with van der Waals surface area (Å²) in [5.74, 6) is 0.0571. The topological polar surface area (TPSA) is 58.4 Å². The fourth-order valence-electron chi connectivity index (χ4n) is 2.23. The second-order valence-electron chi connectivity index (χ2n) is 5.44. The lowest BCUT2D eigenvalue weighted by molar-refractivity contribution is -0.131. The second kappa shape index (κ2) is 7.29. The molecular weight excluding hydrogens is 250 g/mol. The number of nitrogens with one attached hydrogen (secondary N) is 1. The molecular formula is C16H27N3O. The van der Waals surface area contributed by atoms with E-state index in [9.17, 15) is 4.79 Å². The Labute approximate surface area is 122 Å². The molecule has 112 valence electrons. The van der Waals surface area contributed by atoms with E-state index in [2.05, 4.69) is 22.3 Å². The van der Waals surface area contributed by atoms with E-state index in [1.807, 2.05) is 40.1 Å². The molecule has 0 unspecified atom stereocenters. The van der Waals surface area contributed by atoms with E-state index in [4.69, 9.17) is 5.73 Å². The number of hydrogen-bond donors (Lipinski definition) is 2. The summed E-state index contributed by atoms with van der Waals surface area (Å²) in [6, 6.07) is 8.18. The zero-order chi connectivity index (χ0) is 15.2. The van der Waals surface area contributed by atoms with Crippen LogP contribution < -0.4 is 16.0 Å². The van der Waals surface area contributed by atoms with Crippen molar-refractivity contribution in [2.24, 2.45) is 11.1 Å².